The van der Waals surface area contributed by atoms with E-state index in [0.29, 0.717) is 5.69 Å². The van der Waals surface area contributed by atoms with E-state index in [1.165, 1.54) is 42.0 Å². The molecule has 1 heterocycles. The van der Waals surface area contributed by atoms with Gasteiger partial charge in [0.15, 0.2) is 6.61 Å². The third-order valence-corrected chi connectivity index (χ3v) is 4.59. The molecule has 142 valence electrons. The van der Waals surface area contributed by atoms with Crippen LogP contribution in [0.1, 0.15) is 10.4 Å². The predicted molar refractivity (Wildman–Crippen MR) is 104 cm³/mol. The van der Waals surface area contributed by atoms with Gasteiger partial charge in [0.2, 0.25) is 5.91 Å². The lowest BCUT2D eigenvalue weighted by Crippen LogP contribution is -2.37. The fourth-order valence-electron chi connectivity index (χ4n) is 2.09. The highest BCUT2D eigenvalue weighted by atomic mass is 35.5. The van der Waals surface area contributed by atoms with Crippen LogP contribution < -0.4 is 5.32 Å². The maximum absolute atomic E-state index is 12.2. The first-order valence-electron chi connectivity index (χ1n) is 7.87. The number of aromatic nitrogens is 1. The minimum atomic E-state index is -0.756. The van der Waals surface area contributed by atoms with Crippen LogP contribution in [0.3, 0.4) is 0 Å². The first kappa shape index (κ1) is 20.7. The van der Waals surface area contributed by atoms with Crippen LogP contribution in [0, 0.1) is 0 Å². The van der Waals surface area contributed by atoms with Crippen molar-refractivity contribution in [2.24, 2.45) is 0 Å². The number of hydrogen-bond donors (Lipinski definition) is 1. The largest absolute Gasteiger partial charge is 0.452 e. The third-order valence-electron chi connectivity index (χ3n) is 3.49. The molecule has 9 heteroatoms. The number of carbonyl (C=O) groups excluding carboxylic acids is 3. The van der Waals surface area contributed by atoms with Gasteiger partial charge >= 0.3 is 5.97 Å². The maximum Gasteiger partial charge on any atom is 0.341 e. The molecule has 7 nitrogen and oxygen atoms in total. The number of esters is 1. The Labute approximate surface area is 166 Å². The smallest absolute Gasteiger partial charge is 0.341 e. The minimum Gasteiger partial charge on any atom is -0.452 e. The molecule has 2 rings (SSSR count). The zero-order valence-corrected chi connectivity index (χ0v) is 16.3. The monoisotopic (exact) mass is 407 g/mol. The summed E-state index contributed by atoms with van der Waals surface area (Å²) in [7, 11) is 1.45. The third kappa shape index (κ3) is 5.97. The minimum absolute atomic E-state index is 0.00450. The summed E-state index contributed by atoms with van der Waals surface area (Å²) in [6.45, 7) is -0.679. The van der Waals surface area contributed by atoms with Crippen LogP contribution in [0.15, 0.2) is 47.5 Å². The number of ether oxygens (including phenoxy) is 1. The van der Waals surface area contributed by atoms with Crippen molar-refractivity contribution in [2.75, 3.05) is 31.8 Å². The molecule has 0 aliphatic heterocycles. The van der Waals surface area contributed by atoms with Crippen LogP contribution in [0.5, 0.6) is 0 Å². The summed E-state index contributed by atoms with van der Waals surface area (Å²) in [5.74, 6) is -1.63. The number of likely N-dealkylation sites (N-methyl/N-ethyl adjacent to an activating group) is 1. The van der Waals surface area contributed by atoms with Crippen LogP contribution in [-0.4, -0.2) is 54.1 Å². The Kier molecular flexibility index (Phi) is 7.63. The molecule has 2 aromatic rings. The lowest BCUT2D eigenvalue weighted by Gasteiger charge is -2.17. The molecule has 0 atom stereocenters. The van der Waals surface area contributed by atoms with Crippen molar-refractivity contribution in [1.82, 2.24) is 9.88 Å². The van der Waals surface area contributed by atoms with Crippen molar-refractivity contribution in [2.45, 2.75) is 4.90 Å². The highest BCUT2D eigenvalue weighted by molar-refractivity contribution is 7.98. The van der Waals surface area contributed by atoms with Crippen molar-refractivity contribution < 1.29 is 19.1 Å². The number of thioether (sulfide) groups is 1. The van der Waals surface area contributed by atoms with Crippen molar-refractivity contribution in [3.8, 4) is 0 Å². The predicted octanol–water partition coefficient (Wildman–Crippen LogP) is 2.71. The second kappa shape index (κ2) is 9.94. The lowest BCUT2D eigenvalue weighted by molar-refractivity contribution is -0.136. The molecule has 0 saturated heterocycles. The van der Waals surface area contributed by atoms with E-state index in [0.717, 1.165) is 4.90 Å². The van der Waals surface area contributed by atoms with Gasteiger partial charge in [0.25, 0.3) is 5.91 Å². The number of nitrogens with one attached hydrogen (secondary N) is 1. The Morgan fingerprint density at radius 2 is 1.96 bits per heavy atom. The van der Waals surface area contributed by atoms with Crippen molar-refractivity contribution in [3.05, 3.63) is 53.3 Å². The van der Waals surface area contributed by atoms with Gasteiger partial charge in [-0.3, -0.25) is 9.59 Å². The summed E-state index contributed by atoms with van der Waals surface area (Å²) in [6, 6.07) is 10.3. The standard InChI is InChI=1S/C18H18ClN3O4S/c1-22(10-15(23)21-13-7-3-4-8-14(13)27-2)16(24)11-26-18(25)12-6-5-9-20-17(12)19/h3-9H,10-11H2,1-2H3,(H,21,23). The highest BCUT2D eigenvalue weighted by Crippen LogP contribution is 2.24. The molecule has 0 bridgehead atoms. The van der Waals surface area contributed by atoms with Gasteiger partial charge in [-0.2, -0.15) is 0 Å². The van der Waals surface area contributed by atoms with Crippen LogP contribution >= 0.6 is 23.4 Å². The van der Waals surface area contributed by atoms with Gasteiger partial charge in [-0.15, -0.1) is 11.8 Å². The van der Waals surface area contributed by atoms with E-state index < -0.39 is 18.5 Å². The molecular formula is C18H18ClN3O4S. The van der Waals surface area contributed by atoms with Crippen LogP contribution in [0.2, 0.25) is 5.15 Å². The van der Waals surface area contributed by atoms with Gasteiger partial charge in [-0.1, -0.05) is 23.7 Å². The van der Waals surface area contributed by atoms with Crippen molar-refractivity contribution >= 4 is 46.8 Å². The number of halogens is 1. The number of nitrogens with zero attached hydrogens (tertiary/aromatic N) is 2. The highest BCUT2D eigenvalue weighted by Gasteiger charge is 2.18. The molecule has 0 spiro atoms. The second-order valence-electron chi connectivity index (χ2n) is 5.42. The number of para-hydroxylation sites is 1. The van der Waals surface area contributed by atoms with E-state index in [9.17, 15) is 14.4 Å². The molecule has 27 heavy (non-hydrogen) atoms. The summed E-state index contributed by atoms with van der Waals surface area (Å²) in [4.78, 5) is 42.0. The van der Waals surface area contributed by atoms with Crippen LogP contribution in [0.4, 0.5) is 5.69 Å². The van der Waals surface area contributed by atoms with Gasteiger partial charge in [-0.05, 0) is 30.5 Å². The molecule has 1 aromatic heterocycles. The van der Waals surface area contributed by atoms with Crippen LogP contribution in [0.25, 0.3) is 0 Å². The van der Waals surface area contributed by atoms with E-state index in [1.54, 1.807) is 6.07 Å². The zero-order chi connectivity index (χ0) is 19.8. The molecule has 0 fully saturated rings. The van der Waals surface area contributed by atoms with E-state index in [2.05, 4.69) is 10.3 Å². The zero-order valence-electron chi connectivity index (χ0n) is 14.8. The molecule has 0 saturated carbocycles. The average molecular weight is 408 g/mol. The summed E-state index contributed by atoms with van der Waals surface area (Å²) in [6.07, 6.45) is 3.34. The van der Waals surface area contributed by atoms with Gasteiger partial charge in [0.05, 0.1) is 17.8 Å². The Balaban J connectivity index is 1.85. The molecular weight excluding hydrogens is 390 g/mol. The molecule has 1 N–H and O–H groups in total. The fraction of sp³-hybridized carbons (Fsp3) is 0.222. The number of carbonyl (C=O) groups is 3. The Morgan fingerprint density at radius 3 is 2.67 bits per heavy atom. The van der Waals surface area contributed by atoms with Crippen molar-refractivity contribution in [3.63, 3.8) is 0 Å². The number of hydrogen-bond acceptors (Lipinski definition) is 6. The fourth-order valence-corrected chi connectivity index (χ4v) is 2.84. The van der Waals surface area contributed by atoms with E-state index in [-0.39, 0.29) is 23.2 Å². The lowest BCUT2D eigenvalue weighted by atomic mass is 10.3. The first-order chi connectivity index (χ1) is 12.9. The Hall–Kier alpha value is -2.58. The molecule has 2 amide bonds. The quantitative estimate of drug-likeness (QED) is 0.431. The summed E-state index contributed by atoms with van der Waals surface area (Å²) in [5.41, 5.74) is 0.745. The van der Waals surface area contributed by atoms with Gasteiger partial charge in [0, 0.05) is 18.1 Å². The van der Waals surface area contributed by atoms with Gasteiger partial charge in [0.1, 0.15) is 5.15 Å². The van der Waals surface area contributed by atoms with E-state index in [1.807, 2.05) is 24.5 Å². The SMILES string of the molecule is CSc1ccccc1NC(=O)CN(C)C(=O)COC(=O)c1cccnc1Cl. The topological polar surface area (TPSA) is 88.6 Å². The first-order valence-corrected chi connectivity index (χ1v) is 9.47. The number of pyridine rings is 1. The molecule has 1 aromatic carbocycles. The van der Waals surface area contributed by atoms with Gasteiger partial charge < -0.3 is 15.0 Å². The van der Waals surface area contributed by atoms with Crippen LogP contribution in [-0.2, 0) is 14.3 Å². The summed E-state index contributed by atoms with van der Waals surface area (Å²) < 4.78 is 4.94. The average Bonchev–Trinajstić information content (AvgIpc) is 2.66. The number of rotatable bonds is 7. The molecule has 0 radical (unpaired) electrons. The Bertz CT molecular complexity index is 847. The molecule has 0 aliphatic rings. The van der Waals surface area contributed by atoms with Gasteiger partial charge in [-0.25, -0.2) is 9.78 Å². The van der Waals surface area contributed by atoms with E-state index >= 15 is 0 Å². The molecule has 0 unspecified atom stereocenters. The van der Waals surface area contributed by atoms with Crippen molar-refractivity contribution in [1.29, 1.82) is 0 Å². The maximum atomic E-state index is 12.2. The van der Waals surface area contributed by atoms with E-state index in [4.69, 9.17) is 16.3 Å². The number of anilines is 1. The summed E-state index contributed by atoms with van der Waals surface area (Å²) >= 11 is 7.31. The summed E-state index contributed by atoms with van der Waals surface area (Å²) in [5, 5.41) is 2.75. The number of benzene rings is 1. The normalized spacial score (nSPS) is 10.2. The number of amides is 2. The Morgan fingerprint density at radius 1 is 1.22 bits per heavy atom. The molecule has 0 aliphatic carbocycles. The second-order valence-corrected chi connectivity index (χ2v) is 6.62.